The molecular weight excluding hydrogens is 516 g/mol. The van der Waals surface area contributed by atoms with E-state index in [1.807, 2.05) is 78.9 Å². The molecule has 190 valence electrons. The lowest BCUT2D eigenvalue weighted by Crippen LogP contribution is -2.52. The molecule has 0 heterocycles. The van der Waals surface area contributed by atoms with E-state index < -0.39 is 6.04 Å². The minimum Gasteiger partial charge on any atom is -0.483 e. The first-order valence-electron chi connectivity index (χ1n) is 12.4. The predicted octanol–water partition coefficient (Wildman–Crippen LogP) is 5.80. The third-order valence-corrected chi connectivity index (χ3v) is 6.53. The molecule has 0 radical (unpaired) electrons. The summed E-state index contributed by atoms with van der Waals surface area (Å²) in [5.41, 5.74) is 3.12. The number of nitrogens with zero attached hydrogens (tertiary/aromatic N) is 1. The zero-order chi connectivity index (χ0) is 25.9. The quantitative estimate of drug-likeness (QED) is 0.310. The van der Waals surface area contributed by atoms with Crippen molar-refractivity contribution in [2.24, 2.45) is 5.92 Å². The number of carbonyl (C=O) groups is 2. The van der Waals surface area contributed by atoms with E-state index >= 15 is 0 Å². The summed E-state index contributed by atoms with van der Waals surface area (Å²) >= 11 is 3.55. The Kier molecular flexibility index (Phi) is 10.6. The topological polar surface area (TPSA) is 58.6 Å². The lowest BCUT2D eigenvalue weighted by atomic mass is 10.0. The highest BCUT2D eigenvalue weighted by Crippen LogP contribution is 2.26. The third-order valence-electron chi connectivity index (χ3n) is 5.91. The van der Waals surface area contributed by atoms with E-state index in [0.717, 1.165) is 22.0 Å². The Hall–Kier alpha value is -3.12. The standard InChI is InChI=1S/C30H35BrN2O3/c1-4-23-15-16-28(26(31)17-23)36-21-29(34)33(20-25-13-9-6-10-14-25)27(30(35)32-19-22(2)3)18-24-11-7-5-8-12-24/h5-17,22,27H,4,18-21H2,1-3H3,(H,32,35)/t27-/m1/s1. The Balaban J connectivity index is 1.87. The Labute approximate surface area is 223 Å². The molecule has 1 atom stereocenters. The maximum Gasteiger partial charge on any atom is 0.261 e. The highest BCUT2D eigenvalue weighted by atomic mass is 79.9. The van der Waals surface area contributed by atoms with Gasteiger partial charge in [-0.25, -0.2) is 0 Å². The smallest absolute Gasteiger partial charge is 0.261 e. The molecule has 2 amide bonds. The fourth-order valence-corrected chi connectivity index (χ4v) is 4.40. The minimum atomic E-state index is -0.673. The van der Waals surface area contributed by atoms with Crippen LogP contribution in [0.4, 0.5) is 0 Å². The van der Waals surface area contributed by atoms with Crippen molar-refractivity contribution in [1.82, 2.24) is 10.2 Å². The number of nitrogens with one attached hydrogen (secondary N) is 1. The van der Waals surface area contributed by atoms with Crippen LogP contribution < -0.4 is 10.1 Å². The van der Waals surface area contributed by atoms with Gasteiger partial charge in [0.05, 0.1) is 4.47 Å². The van der Waals surface area contributed by atoms with Gasteiger partial charge < -0.3 is 15.0 Å². The zero-order valence-corrected chi connectivity index (χ0v) is 22.8. The van der Waals surface area contributed by atoms with Crippen LogP contribution in [0.1, 0.15) is 37.5 Å². The molecule has 5 nitrogen and oxygen atoms in total. The van der Waals surface area contributed by atoms with Crippen LogP contribution >= 0.6 is 15.9 Å². The van der Waals surface area contributed by atoms with Gasteiger partial charge in [0.1, 0.15) is 11.8 Å². The molecule has 3 rings (SSSR count). The molecule has 0 unspecified atom stereocenters. The third kappa shape index (κ3) is 8.23. The molecule has 0 fully saturated rings. The molecule has 6 heteroatoms. The second-order valence-electron chi connectivity index (χ2n) is 9.26. The normalized spacial score (nSPS) is 11.7. The number of aryl methyl sites for hydroxylation is 1. The summed E-state index contributed by atoms with van der Waals surface area (Å²) in [5.74, 6) is 0.497. The van der Waals surface area contributed by atoms with Crippen LogP contribution in [0.5, 0.6) is 5.75 Å². The Morgan fingerprint density at radius 3 is 2.14 bits per heavy atom. The van der Waals surface area contributed by atoms with Crippen LogP contribution in [0.15, 0.2) is 83.3 Å². The van der Waals surface area contributed by atoms with Crippen molar-refractivity contribution in [1.29, 1.82) is 0 Å². The minimum absolute atomic E-state index is 0.162. The van der Waals surface area contributed by atoms with Gasteiger partial charge in [0, 0.05) is 19.5 Å². The van der Waals surface area contributed by atoms with Gasteiger partial charge >= 0.3 is 0 Å². The first kappa shape index (κ1) is 27.5. The molecule has 1 N–H and O–H groups in total. The molecule has 0 aliphatic carbocycles. The molecule has 0 aliphatic rings. The van der Waals surface area contributed by atoms with Crippen molar-refractivity contribution in [2.45, 2.75) is 46.2 Å². The van der Waals surface area contributed by atoms with Gasteiger partial charge in [-0.05, 0) is 57.1 Å². The highest BCUT2D eigenvalue weighted by molar-refractivity contribution is 9.10. The van der Waals surface area contributed by atoms with Gasteiger partial charge in [0.2, 0.25) is 5.91 Å². The fraction of sp³-hybridized carbons (Fsp3) is 0.333. The number of amides is 2. The number of carbonyl (C=O) groups excluding carboxylic acids is 2. The number of ether oxygens (including phenoxy) is 1. The van der Waals surface area contributed by atoms with E-state index in [0.29, 0.717) is 31.2 Å². The number of benzene rings is 3. The number of rotatable bonds is 12. The average molecular weight is 552 g/mol. The predicted molar refractivity (Wildman–Crippen MR) is 148 cm³/mol. The SMILES string of the molecule is CCc1ccc(OCC(=O)N(Cc2ccccc2)[C@H](Cc2ccccc2)C(=O)NCC(C)C)c(Br)c1. The van der Waals surface area contributed by atoms with Crippen LogP contribution in [0.3, 0.4) is 0 Å². The van der Waals surface area contributed by atoms with Crippen LogP contribution in [-0.2, 0) is 29.0 Å². The van der Waals surface area contributed by atoms with Gasteiger partial charge in [-0.2, -0.15) is 0 Å². The molecular formula is C30H35BrN2O3. The summed E-state index contributed by atoms with van der Waals surface area (Å²) in [6, 6.07) is 24.7. The highest BCUT2D eigenvalue weighted by Gasteiger charge is 2.30. The summed E-state index contributed by atoms with van der Waals surface area (Å²) in [7, 11) is 0. The van der Waals surface area contributed by atoms with Crippen molar-refractivity contribution in [3.8, 4) is 5.75 Å². The number of halogens is 1. The molecule has 0 spiro atoms. The van der Waals surface area contributed by atoms with Crippen LogP contribution in [0.2, 0.25) is 0 Å². The van der Waals surface area contributed by atoms with Gasteiger partial charge in [0.25, 0.3) is 5.91 Å². The summed E-state index contributed by atoms with van der Waals surface area (Å²) in [5, 5.41) is 3.04. The maximum absolute atomic E-state index is 13.6. The molecule has 0 saturated heterocycles. The van der Waals surface area contributed by atoms with Crippen LogP contribution in [-0.4, -0.2) is 35.9 Å². The molecule has 0 aliphatic heterocycles. The first-order valence-corrected chi connectivity index (χ1v) is 13.2. The van der Waals surface area contributed by atoms with Crippen LogP contribution in [0, 0.1) is 5.92 Å². The molecule has 3 aromatic rings. The van der Waals surface area contributed by atoms with Gasteiger partial charge in [-0.3, -0.25) is 9.59 Å². The van der Waals surface area contributed by atoms with Crippen molar-refractivity contribution in [3.05, 3.63) is 100 Å². The second-order valence-corrected chi connectivity index (χ2v) is 10.1. The van der Waals surface area contributed by atoms with E-state index in [4.69, 9.17) is 4.74 Å². The largest absolute Gasteiger partial charge is 0.483 e. The number of hydrogen-bond donors (Lipinski definition) is 1. The maximum atomic E-state index is 13.6. The lowest BCUT2D eigenvalue weighted by Gasteiger charge is -2.31. The summed E-state index contributed by atoms with van der Waals surface area (Å²) in [4.78, 5) is 28.7. The summed E-state index contributed by atoms with van der Waals surface area (Å²) in [6.45, 7) is 6.88. The molecule has 0 bridgehead atoms. The summed E-state index contributed by atoms with van der Waals surface area (Å²) < 4.78 is 6.73. The van der Waals surface area contributed by atoms with E-state index in [-0.39, 0.29) is 18.4 Å². The second kappa shape index (κ2) is 13.8. The van der Waals surface area contributed by atoms with E-state index in [9.17, 15) is 9.59 Å². The lowest BCUT2D eigenvalue weighted by molar-refractivity contribution is -0.142. The van der Waals surface area contributed by atoms with E-state index in [2.05, 4.69) is 42.0 Å². The number of hydrogen-bond acceptors (Lipinski definition) is 3. The molecule has 36 heavy (non-hydrogen) atoms. The molecule has 0 aromatic heterocycles. The average Bonchev–Trinajstić information content (AvgIpc) is 2.89. The van der Waals surface area contributed by atoms with Crippen molar-refractivity contribution in [3.63, 3.8) is 0 Å². The Bertz CT molecular complexity index is 1120. The van der Waals surface area contributed by atoms with Crippen LogP contribution in [0.25, 0.3) is 0 Å². The van der Waals surface area contributed by atoms with Crippen molar-refractivity contribution in [2.75, 3.05) is 13.2 Å². The van der Waals surface area contributed by atoms with Crippen molar-refractivity contribution < 1.29 is 14.3 Å². The summed E-state index contributed by atoms with van der Waals surface area (Å²) in [6.07, 6.45) is 1.33. The molecule has 0 saturated carbocycles. The fourth-order valence-electron chi connectivity index (χ4n) is 3.86. The Morgan fingerprint density at radius 2 is 1.56 bits per heavy atom. The van der Waals surface area contributed by atoms with Gasteiger partial charge in [-0.1, -0.05) is 87.5 Å². The van der Waals surface area contributed by atoms with E-state index in [1.165, 1.54) is 5.56 Å². The van der Waals surface area contributed by atoms with E-state index in [1.54, 1.807) is 4.90 Å². The van der Waals surface area contributed by atoms with Gasteiger partial charge in [-0.15, -0.1) is 0 Å². The van der Waals surface area contributed by atoms with Gasteiger partial charge in [0.15, 0.2) is 6.61 Å². The first-order chi connectivity index (χ1) is 17.4. The monoisotopic (exact) mass is 550 g/mol. The molecule has 3 aromatic carbocycles. The van der Waals surface area contributed by atoms with Crippen molar-refractivity contribution >= 4 is 27.7 Å². The Morgan fingerprint density at radius 1 is 0.917 bits per heavy atom. The zero-order valence-electron chi connectivity index (χ0n) is 21.2.